The van der Waals surface area contributed by atoms with Gasteiger partial charge in [-0.2, -0.15) is 11.8 Å². The maximum Gasteiger partial charge on any atom is 0.0601 e. The normalized spacial score (nSPS) is 35.8. The first-order valence-corrected chi connectivity index (χ1v) is 6.40. The van der Waals surface area contributed by atoms with Gasteiger partial charge in [0, 0.05) is 19.2 Å². The van der Waals surface area contributed by atoms with Crippen LogP contribution in [-0.4, -0.2) is 36.8 Å². The number of rotatable bonds is 3. The van der Waals surface area contributed by atoms with Crippen molar-refractivity contribution in [2.45, 2.75) is 43.9 Å². The van der Waals surface area contributed by atoms with Gasteiger partial charge in [-0.15, -0.1) is 0 Å². The number of hydrogen-bond donors (Lipinski definition) is 1. The third-order valence-corrected chi connectivity index (χ3v) is 4.17. The Bertz CT molecular complexity index is 153. The molecular weight excluding hydrogens is 182 g/mol. The van der Waals surface area contributed by atoms with Crippen LogP contribution in [-0.2, 0) is 4.74 Å². The van der Waals surface area contributed by atoms with Gasteiger partial charge in [-0.25, -0.2) is 0 Å². The third-order valence-electron chi connectivity index (χ3n) is 3.12. The molecule has 1 heterocycles. The van der Waals surface area contributed by atoms with E-state index in [0.717, 1.165) is 12.1 Å². The fraction of sp³-hybridized carbons (Fsp3) is 1.00. The Morgan fingerprint density at radius 1 is 1.15 bits per heavy atom. The van der Waals surface area contributed by atoms with Gasteiger partial charge < -0.3 is 10.1 Å². The molecular formula is C10H19NOS. The molecule has 0 unspecified atom stereocenters. The first-order chi connectivity index (χ1) is 6.38. The summed E-state index contributed by atoms with van der Waals surface area (Å²) in [6.45, 7) is 0. The zero-order valence-corrected chi connectivity index (χ0v) is 9.11. The lowest BCUT2D eigenvalue weighted by Gasteiger charge is -2.38. The predicted octanol–water partition coefficient (Wildman–Crippen LogP) is 1.65. The number of methoxy groups -OCH3 is 1. The van der Waals surface area contributed by atoms with Gasteiger partial charge >= 0.3 is 0 Å². The number of thioether (sulfide) groups is 1. The average molecular weight is 201 g/mol. The van der Waals surface area contributed by atoms with E-state index in [-0.39, 0.29) is 0 Å². The average Bonchev–Trinajstić information content (AvgIpc) is 2.12. The summed E-state index contributed by atoms with van der Waals surface area (Å²) in [5.74, 6) is 2.69. The van der Waals surface area contributed by atoms with Crippen LogP contribution in [0.25, 0.3) is 0 Å². The van der Waals surface area contributed by atoms with E-state index in [1.807, 2.05) is 7.11 Å². The van der Waals surface area contributed by atoms with Crippen molar-refractivity contribution in [2.24, 2.45) is 0 Å². The van der Waals surface area contributed by atoms with Crippen LogP contribution in [0.4, 0.5) is 0 Å². The van der Waals surface area contributed by atoms with Crippen molar-refractivity contribution < 1.29 is 4.74 Å². The molecule has 0 aromatic heterocycles. The molecule has 2 nitrogen and oxygen atoms in total. The zero-order chi connectivity index (χ0) is 9.10. The highest BCUT2D eigenvalue weighted by molar-refractivity contribution is 7.99. The van der Waals surface area contributed by atoms with Crippen molar-refractivity contribution in [2.75, 3.05) is 18.6 Å². The highest BCUT2D eigenvalue weighted by Crippen LogP contribution is 2.25. The summed E-state index contributed by atoms with van der Waals surface area (Å²) in [6, 6.07) is 1.54. The first-order valence-electron chi connectivity index (χ1n) is 5.25. The highest BCUT2D eigenvalue weighted by atomic mass is 32.2. The molecule has 1 N–H and O–H groups in total. The van der Waals surface area contributed by atoms with E-state index in [2.05, 4.69) is 17.1 Å². The molecule has 1 aliphatic heterocycles. The Hall–Kier alpha value is 0.270. The molecule has 2 fully saturated rings. The van der Waals surface area contributed by atoms with Gasteiger partial charge in [0.05, 0.1) is 6.10 Å². The van der Waals surface area contributed by atoms with Crippen LogP contribution in [0.2, 0.25) is 0 Å². The van der Waals surface area contributed by atoms with Crippen LogP contribution in [0.15, 0.2) is 0 Å². The van der Waals surface area contributed by atoms with E-state index in [1.165, 1.54) is 37.2 Å². The van der Waals surface area contributed by atoms with Crippen LogP contribution >= 0.6 is 11.8 Å². The summed E-state index contributed by atoms with van der Waals surface area (Å²) in [5, 5.41) is 3.73. The van der Waals surface area contributed by atoms with Crippen molar-refractivity contribution in [1.29, 1.82) is 0 Å². The summed E-state index contributed by atoms with van der Waals surface area (Å²) in [4.78, 5) is 0. The molecule has 0 atom stereocenters. The van der Waals surface area contributed by atoms with E-state index >= 15 is 0 Å². The fourth-order valence-electron chi connectivity index (χ4n) is 2.09. The zero-order valence-electron chi connectivity index (χ0n) is 8.29. The van der Waals surface area contributed by atoms with Crippen LogP contribution in [0.1, 0.15) is 25.7 Å². The molecule has 0 aromatic rings. The van der Waals surface area contributed by atoms with Gasteiger partial charge in [-0.3, -0.25) is 0 Å². The monoisotopic (exact) mass is 201 g/mol. The number of ether oxygens (including phenoxy) is 1. The summed E-state index contributed by atoms with van der Waals surface area (Å²) in [5.41, 5.74) is 0. The van der Waals surface area contributed by atoms with Crippen molar-refractivity contribution in [3.05, 3.63) is 0 Å². The fourth-order valence-corrected chi connectivity index (χ4v) is 3.20. The molecule has 1 saturated carbocycles. The van der Waals surface area contributed by atoms with E-state index < -0.39 is 0 Å². The van der Waals surface area contributed by atoms with Crippen molar-refractivity contribution in [1.82, 2.24) is 5.32 Å². The highest BCUT2D eigenvalue weighted by Gasteiger charge is 2.30. The lowest BCUT2D eigenvalue weighted by molar-refractivity contribution is 0.0139. The topological polar surface area (TPSA) is 21.3 Å². The molecule has 0 amide bonds. The summed E-state index contributed by atoms with van der Waals surface area (Å²) in [6.07, 6.45) is 5.70. The molecule has 2 aliphatic rings. The second-order valence-electron chi connectivity index (χ2n) is 4.08. The molecule has 0 radical (unpaired) electrons. The lowest BCUT2D eigenvalue weighted by Crippen LogP contribution is -2.49. The van der Waals surface area contributed by atoms with Crippen molar-refractivity contribution in [3.63, 3.8) is 0 Å². The molecule has 76 valence electrons. The van der Waals surface area contributed by atoms with E-state index in [0.29, 0.717) is 6.10 Å². The van der Waals surface area contributed by atoms with Crippen LogP contribution in [0, 0.1) is 0 Å². The van der Waals surface area contributed by atoms with E-state index in [9.17, 15) is 0 Å². The summed E-state index contributed by atoms with van der Waals surface area (Å²) >= 11 is 2.09. The quantitative estimate of drug-likeness (QED) is 0.750. The smallest absolute Gasteiger partial charge is 0.0601 e. The standard InChI is InChI=1S/C10H19NOS/c1-12-10-6-9(7-10)11-8-2-4-13-5-3-8/h8-11H,2-7H2,1H3. The first kappa shape index (κ1) is 9.81. The van der Waals surface area contributed by atoms with E-state index in [4.69, 9.17) is 4.74 Å². The van der Waals surface area contributed by atoms with Crippen molar-refractivity contribution >= 4 is 11.8 Å². The van der Waals surface area contributed by atoms with Gasteiger partial charge in [-0.05, 0) is 37.2 Å². The van der Waals surface area contributed by atoms with Gasteiger partial charge in [0.2, 0.25) is 0 Å². The predicted molar refractivity (Wildman–Crippen MR) is 57.3 cm³/mol. The SMILES string of the molecule is COC1CC(NC2CCSCC2)C1. The minimum Gasteiger partial charge on any atom is -0.381 e. The molecule has 0 spiro atoms. The second kappa shape index (κ2) is 4.67. The maximum absolute atomic E-state index is 5.26. The van der Waals surface area contributed by atoms with Gasteiger partial charge in [0.15, 0.2) is 0 Å². The van der Waals surface area contributed by atoms with Crippen LogP contribution in [0.3, 0.4) is 0 Å². The molecule has 2 rings (SSSR count). The molecule has 1 aliphatic carbocycles. The molecule has 0 aromatic carbocycles. The molecule has 3 heteroatoms. The minimum atomic E-state index is 0.537. The summed E-state index contributed by atoms with van der Waals surface area (Å²) < 4.78 is 5.26. The number of nitrogens with one attached hydrogen (secondary N) is 1. The Balaban J connectivity index is 1.62. The maximum atomic E-state index is 5.26. The van der Waals surface area contributed by atoms with E-state index in [1.54, 1.807) is 0 Å². The van der Waals surface area contributed by atoms with Gasteiger partial charge in [-0.1, -0.05) is 0 Å². The molecule has 0 bridgehead atoms. The van der Waals surface area contributed by atoms with Crippen LogP contribution in [0.5, 0.6) is 0 Å². The largest absolute Gasteiger partial charge is 0.381 e. The van der Waals surface area contributed by atoms with Gasteiger partial charge in [0.1, 0.15) is 0 Å². The molecule has 13 heavy (non-hydrogen) atoms. The van der Waals surface area contributed by atoms with Crippen LogP contribution < -0.4 is 5.32 Å². The Labute approximate surface area is 84.8 Å². The Kier molecular flexibility index (Phi) is 3.52. The van der Waals surface area contributed by atoms with Gasteiger partial charge in [0.25, 0.3) is 0 Å². The summed E-state index contributed by atoms with van der Waals surface area (Å²) in [7, 11) is 1.82. The lowest BCUT2D eigenvalue weighted by atomic mass is 9.88. The third kappa shape index (κ3) is 2.61. The minimum absolute atomic E-state index is 0.537. The Morgan fingerprint density at radius 2 is 1.85 bits per heavy atom. The second-order valence-corrected chi connectivity index (χ2v) is 5.30. The number of hydrogen-bond acceptors (Lipinski definition) is 3. The van der Waals surface area contributed by atoms with Crippen molar-refractivity contribution in [3.8, 4) is 0 Å². The molecule has 1 saturated heterocycles. The Morgan fingerprint density at radius 3 is 2.46 bits per heavy atom.